The van der Waals surface area contributed by atoms with Crippen LogP contribution in [0.15, 0.2) is 42.7 Å². The van der Waals surface area contributed by atoms with Crippen LogP contribution in [0.25, 0.3) is 11.0 Å². The predicted octanol–water partition coefficient (Wildman–Crippen LogP) is 1.49. The molecule has 0 saturated heterocycles. The van der Waals surface area contributed by atoms with Gasteiger partial charge in [-0.15, -0.1) is 0 Å². The van der Waals surface area contributed by atoms with Gasteiger partial charge in [0.2, 0.25) is 0 Å². The van der Waals surface area contributed by atoms with E-state index in [0.29, 0.717) is 11.4 Å². The van der Waals surface area contributed by atoms with E-state index in [0.717, 1.165) is 5.39 Å². The highest BCUT2D eigenvalue weighted by Gasteiger charge is 2.18. The number of ether oxygens (including phenoxy) is 2. The number of H-pyrrole nitrogens is 1. The molecular formula is C15H13BN2O6. The molecule has 122 valence electrons. The summed E-state index contributed by atoms with van der Waals surface area (Å²) < 4.78 is 15.2. The third kappa shape index (κ3) is 3.32. The molecule has 2 aromatic heterocycles. The molecule has 0 spiro atoms. The van der Waals surface area contributed by atoms with E-state index in [-0.39, 0.29) is 17.1 Å². The lowest BCUT2D eigenvalue weighted by Crippen LogP contribution is -2.20. The average Bonchev–Trinajstić information content (AvgIpc) is 3.01. The second-order valence-corrected chi connectivity index (χ2v) is 4.78. The van der Waals surface area contributed by atoms with E-state index in [1.165, 1.54) is 31.5 Å². The minimum absolute atomic E-state index is 0.114. The van der Waals surface area contributed by atoms with E-state index >= 15 is 0 Å². The van der Waals surface area contributed by atoms with Crippen molar-refractivity contribution in [1.29, 1.82) is 0 Å². The Labute approximate surface area is 136 Å². The number of hydrogen-bond acceptors (Lipinski definition) is 7. The molecule has 0 aliphatic heterocycles. The minimum atomic E-state index is -1.99. The predicted molar refractivity (Wildman–Crippen MR) is 84.8 cm³/mol. The van der Waals surface area contributed by atoms with Crippen molar-refractivity contribution in [2.24, 2.45) is 0 Å². The summed E-state index contributed by atoms with van der Waals surface area (Å²) in [6, 6.07) is 7.73. The number of nitrogens with one attached hydrogen (secondary N) is 1. The van der Waals surface area contributed by atoms with E-state index in [2.05, 4.69) is 9.97 Å². The van der Waals surface area contributed by atoms with Gasteiger partial charge in [0.1, 0.15) is 28.5 Å². The Morgan fingerprint density at radius 2 is 2.04 bits per heavy atom. The molecule has 2 heterocycles. The molecule has 0 atom stereocenters. The number of fused-ring (bicyclic) bond motifs is 1. The van der Waals surface area contributed by atoms with Gasteiger partial charge in [-0.05, 0) is 24.3 Å². The van der Waals surface area contributed by atoms with E-state index < -0.39 is 13.3 Å². The van der Waals surface area contributed by atoms with Crippen LogP contribution in [0.2, 0.25) is 0 Å². The molecular weight excluding hydrogens is 315 g/mol. The number of methoxy groups -OCH3 is 1. The molecule has 0 amide bonds. The smallest absolute Gasteiger partial charge is 0.512 e. The Morgan fingerprint density at radius 3 is 2.79 bits per heavy atom. The van der Waals surface area contributed by atoms with Crippen LogP contribution >= 0.6 is 0 Å². The van der Waals surface area contributed by atoms with Gasteiger partial charge < -0.3 is 29.2 Å². The fourth-order valence-corrected chi connectivity index (χ4v) is 2.16. The van der Waals surface area contributed by atoms with E-state index in [4.69, 9.17) is 24.2 Å². The van der Waals surface area contributed by atoms with Crippen molar-refractivity contribution in [2.75, 3.05) is 7.11 Å². The number of hydrogen-bond donors (Lipinski definition) is 3. The molecule has 0 radical (unpaired) electrons. The summed E-state index contributed by atoms with van der Waals surface area (Å²) in [5.41, 5.74) is 0.863. The maximum atomic E-state index is 11.9. The Bertz CT molecular complexity index is 879. The summed E-state index contributed by atoms with van der Waals surface area (Å²) >= 11 is 0. The van der Waals surface area contributed by atoms with Gasteiger partial charge in [0, 0.05) is 17.6 Å². The summed E-state index contributed by atoms with van der Waals surface area (Å²) in [5.74, 6) is 0.0470. The van der Waals surface area contributed by atoms with Crippen molar-refractivity contribution in [2.45, 2.75) is 0 Å². The fourth-order valence-electron chi connectivity index (χ4n) is 2.16. The molecule has 8 nitrogen and oxygen atoms in total. The molecule has 1 aromatic carbocycles. The van der Waals surface area contributed by atoms with Crippen LogP contribution in [0, 0.1) is 0 Å². The van der Waals surface area contributed by atoms with Crippen molar-refractivity contribution in [3.05, 3.63) is 48.3 Å². The number of aromatic amines is 1. The van der Waals surface area contributed by atoms with Gasteiger partial charge in [-0.2, -0.15) is 0 Å². The van der Waals surface area contributed by atoms with Gasteiger partial charge in [-0.3, -0.25) is 0 Å². The van der Waals surface area contributed by atoms with Gasteiger partial charge >= 0.3 is 13.3 Å². The number of nitrogens with zero attached hydrogens (tertiary/aromatic N) is 1. The zero-order valence-corrected chi connectivity index (χ0v) is 12.6. The highest BCUT2D eigenvalue weighted by atomic mass is 16.6. The molecule has 0 aliphatic rings. The lowest BCUT2D eigenvalue weighted by atomic mass is 10.1. The first-order valence-corrected chi connectivity index (χ1v) is 6.93. The number of carbonyl (C=O) groups excluding carboxylic acids is 1. The molecule has 3 N–H and O–H groups in total. The Kier molecular flexibility index (Phi) is 4.36. The number of aromatic nitrogens is 2. The second kappa shape index (κ2) is 6.61. The number of carbonyl (C=O) groups is 1. The van der Waals surface area contributed by atoms with Crippen molar-refractivity contribution >= 4 is 24.3 Å². The lowest BCUT2D eigenvalue weighted by molar-refractivity contribution is 0.0598. The summed E-state index contributed by atoms with van der Waals surface area (Å²) in [6.07, 6.45) is 3.24. The highest BCUT2D eigenvalue weighted by Crippen LogP contribution is 2.31. The standard InChI is InChI=1S/C15H13BN2O6/c1-22-15(19)12-3-2-10(24-16(20)21)7-13(12)23-11-6-9-4-5-17-14(9)18-8-11/h2-8,20-21H,1H3,(H,17,18). The quantitative estimate of drug-likeness (QED) is 0.480. The Balaban J connectivity index is 1.97. The lowest BCUT2D eigenvalue weighted by Gasteiger charge is -2.12. The van der Waals surface area contributed by atoms with Crippen LogP contribution in [-0.4, -0.2) is 40.4 Å². The summed E-state index contributed by atoms with van der Waals surface area (Å²) in [6.45, 7) is 0. The topological polar surface area (TPSA) is 114 Å². The molecule has 3 aromatic rings. The Hall–Kier alpha value is -3.04. The number of rotatable bonds is 5. The number of esters is 1. The highest BCUT2D eigenvalue weighted by molar-refractivity contribution is 6.33. The molecule has 0 aliphatic carbocycles. The van der Waals surface area contributed by atoms with Gasteiger partial charge in [0.15, 0.2) is 0 Å². The fraction of sp³-hybridized carbons (Fsp3) is 0.0667. The summed E-state index contributed by atoms with van der Waals surface area (Å²) in [7, 11) is -0.735. The first kappa shape index (κ1) is 15.8. The van der Waals surface area contributed by atoms with Crippen LogP contribution in [-0.2, 0) is 4.74 Å². The molecule has 0 fully saturated rings. The van der Waals surface area contributed by atoms with Gasteiger partial charge in [0.05, 0.1) is 13.3 Å². The van der Waals surface area contributed by atoms with Crippen molar-refractivity contribution < 1.29 is 29.0 Å². The normalized spacial score (nSPS) is 10.5. The largest absolute Gasteiger partial charge is 0.707 e. The van der Waals surface area contributed by atoms with E-state index in [1.54, 1.807) is 12.3 Å². The first-order chi connectivity index (χ1) is 11.6. The van der Waals surface area contributed by atoms with Crippen LogP contribution in [0.5, 0.6) is 17.2 Å². The number of benzene rings is 1. The average molecular weight is 328 g/mol. The second-order valence-electron chi connectivity index (χ2n) is 4.78. The van der Waals surface area contributed by atoms with Crippen LogP contribution in [0.3, 0.4) is 0 Å². The van der Waals surface area contributed by atoms with Crippen molar-refractivity contribution in [1.82, 2.24) is 9.97 Å². The van der Waals surface area contributed by atoms with Crippen LogP contribution < -0.4 is 9.39 Å². The third-order valence-corrected chi connectivity index (χ3v) is 3.20. The van der Waals surface area contributed by atoms with E-state index in [1.807, 2.05) is 6.07 Å². The third-order valence-electron chi connectivity index (χ3n) is 3.20. The Morgan fingerprint density at radius 1 is 1.21 bits per heavy atom. The summed E-state index contributed by atoms with van der Waals surface area (Å²) in [5, 5.41) is 18.6. The van der Waals surface area contributed by atoms with Gasteiger partial charge in [-0.25, -0.2) is 9.78 Å². The minimum Gasteiger partial charge on any atom is -0.512 e. The van der Waals surface area contributed by atoms with Crippen LogP contribution in [0.4, 0.5) is 0 Å². The molecule has 24 heavy (non-hydrogen) atoms. The first-order valence-electron chi connectivity index (χ1n) is 6.93. The van der Waals surface area contributed by atoms with Crippen molar-refractivity contribution in [3.63, 3.8) is 0 Å². The molecule has 0 bridgehead atoms. The SMILES string of the molecule is COC(=O)c1ccc(OB(O)O)cc1Oc1cnc2[nH]ccc2c1. The summed E-state index contributed by atoms with van der Waals surface area (Å²) in [4.78, 5) is 19.0. The monoisotopic (exact) mass is 328 g/mol. The maximum Gasteiger partial charge on any atom is 0.707 e. The number of pyridine rings is 1. The zero-order valence-electron chi connectivity index (χ0n) is 12.6. The van der Waals surface area contributed by atoms with Crippen LogP contribution in [0.1, 0.15) is 10.4 Å². The molecule has 0 unspecified atom stereocenters. The van der Waals surface area contributed by atoms with E-state index in [9.17, 15) is 4.79 Å². The molecule has 3 rings (SSSR count). The molecule has 9 heteroatoms. The van der Waals surface area contributed by atoms with Crippen molar-refractivity contribution in [3.8, 4) is 17.2 Å². The zero-order chi connectivity index (χ0) is 17.1. The molecule has 0 saturated carbocycles. The maximum absolute atomic E-state index is 11.9. The van der Waals surface area contributed by atoms with Gasteiger partial charge in [0.25, 0.3) is 0 Å². The van der Waals surface area contributed by atoms with Gasteiger partial charge in [-0.1, -0.05) is 0 Å².